The second-order valence-electron chi connectivity index (χ2n) is 10.1. The number of nitrogens with one attached hydrogen (secondary N) is 1. The fourth-order valence-corrected chi connectivity index (χ4v) is 6.65. The summed E-state index contributed by atoms with van der Waals surface area (Å²) in [5.74, 6) is -1.72. The highest BCUT2D eigenvalue weighted by molar-refractivity contribution is 7.89. The van der Waals surface area contributed by atoms with Crippen LogP contribution >= 0.6 is 0 Å². The van der Waals surface area contributed by atoms with Gasteiger partial charge in [-0.05, 0) is 70.6 Å². The zero-order chi connectivity index (χ0) is 26.3. The Kier molecular flexibility index (Phi) is 9.63. The molecule has 0 aromatic heterocycles. The predicted octanol–water partition coefficient (Wildman–Crippen LogP) is 4.75. The molecule has 0 unspecified atom stereocenters. The average molecular weight is 524 g/mol. The number of likely N-dealkylation sites (N-methyl/N-ethyl adjacent to an activating group) is 1. The number of nitrogens with zero attached hydrogens (tertiary/aromatic N) is 4. The van der Waals surface area contributed by atoms with Crippen molar-refractivity contribution in [3.8, 4) is 0 Å². The third-order valence-electron chi connectivity index (χ3n) is 7.65. The molecule has 1 saturated heterocycles. The van der Waals surface area contributed by atoms with Crippen molar-refractivity contribution in [2.45, 2.75) is 68.2 Å². The van der Waals surface area contributed by atoms with Gasteiger partial charge < -0.3 is 9.80 Å². The molecule has 200 valence electrons. The van der Waals surface area contributed by atoms with E-state index in [1.54, 1.807) is 0 Å². The van der Waals surface area contributed by atoms with E-state index in [1.165, 1.54) is 51.4 Å². The second kappa shape index (κ2) is 12.3. The quantitative estimate of drug-likeness (QED) is 0.449. The molecule has 36 heavy (non-hydrogen) atoms. The van der Waals surface area contributed by atoms with Crippen molar-refractivity contribution in [2.24, 2.45) is 15.9 Å². The highest BCUT2D eigenvalue weighted by Crippen LogP contribution is 2.37. The Bertz CT molecular complexity index is 1060. The topological polar surface area (TPSA) is 77.4 Å². The van der Waals surface area contributed by atoms with Crippen LogP contribution in [-0.2, 0) is 10.0 Å². The number of anilines is 1. The van der Waals surface area contributed by atoms with Gasteiger partial charge in [0.1, 0.15) is 17.5 Å². The smallest absolute Gasteiger partial charge is 0.268 e. The summed E-state index contributed by atoms with van der Waals surface area (Å²) in [6.07, 6.45) is 13.2. The molecule has 10 heteroatoms. The van der Waals surface area contributed by atoms with E-state index >= 15 is 8.78 Å². The molecule has 0 spiro atoms. The van der Waals surface area contributed by atoms with Crippen LogP contribution in [0.15, 0.2) is 38.9 Å². The van der Waals surface area contributed by atoms with Gasteiger partial charge in [-0.2, -0.15) is 0 Å². The highest BCUT2D eigenvalue weighted by Gasteiger charge is 2.38. The maximum Gasteiger partial charge on any atom is 0.268 e. The van der Waals surface area contributed by atoms with E-state index in [2.05, 4.69) is 40.4 Å². The lowest BCUT2D eigenvalue weighted by Gasteiger charge is -2.48. The lowest BCUT2D eigenvalue weighted by molar-refractivity contribution is 0.103. The maximum atomic E-state index is 15.1. The van der Waals surface area contributed by atoms with Crippen molar-refractivity contribution < 1.29 is 17.2 Å². The van der Waals surface area contributed by atoms with Gasteiger partial charge in [0.05, 0.1) is 0 Å². The molecule has 0 amide bonds. The molecule has 3 rings (SSSR count). The lowest BCUT2D eigenvalue weighted by atomic mass is 9.78. The number of halogens is 2. The molecule has 1 aromatic rings. The van der Waals surface area contributed by atoms with E-state index in [0.29, 0.717) is 18.8 Å². The summed E-state index contributed by atoms with van der Waals surface area (Å²) in [5.41, 5.74) is 0.258. The Morgan fingerprint density at radius 3 is 2.47 bits per heavy atom. The van der Waals surface area contributed by atoms with Crippen LogP contribution in [0.1, 0.15) is 57.8 Å². The number of allylic oxidation sites excluding steroid dienone is 1. The molecule has 1 N–H and O–H groups in total. The summed E-state index contributed by atoms with van der Waals surface area (Å²) in [6, 6.07) is 2.23. The lowest BCUT2D eigenvalue weighted by Crippen LogP contribution is -2.56. The number of piperidine rings is 1. The summed E-state index contributed by atoms with van der Waals surface area (Å²) in [5, 5.41) is 0. The Balaban J connectivity index is 1.82. The van der Waals surface area contributed by atoms with E-state index in [9.17, 15) is 8.42 Å². The second-order valence-corrected chi connectivity index (χ2v) is 11.8. The van der Waals surface area contributed by atoms with Crippen LogP contribution < -0.4 is 9.62 Å². The summed E-state index contributed by atoms with van der Waals surface area (Å²) in [7, 11) is 1.09. The molecule has 1 aliphatic carbocycles. The molecule has 1 atom stereocenters. The van der Waals surface area contributed by atoms with Crippen LogP contribution in [0.25, 0.3) is 0 Å². The number of rotatable bonds is 10. The van der Waals surface area contributed by atoms with Crippen LogP contribution in [0.3, 0.4) is 0 Å². The first-order valence-electron chi connectivity index (χ1n) is 12.7. The predicted molar refractivity (Wildman–Crippen MR) is 142 cm³/mol. The van der Waals surface area contributed by atoms with Crippen LogP contribution in [0.4, 0.5) is 14.5 Å². The minimum Gasteiger partial charge on any atom is -0.370 e. The van der Waals surface area contributed by atoms with Crippen molar-refractivity contribution in [1.29, 1.82) is 0 Å². The minimum absolute atomic E-state index is 0.0922. The fraction of sp³-hybridized carbons (Fsp3) is 0.615. The fourth-order valence-electron chi connectivity index (χ4n) is 5.51. The third kappa shape index (κ3) is 6.70. The first-order valence-corrected chi connectivity index (χ1v) is 14.1. The number of hydrogen-bond acceptors (Lipinski definition) is 6. The molecular formula is C26H39F2N5O2S. The monoisotopic (exact) mass is 523 g/mol. The molecule has 1 aliphatic heterocycles. The molecule has 2 aliphatic rings. The van der Waals surface area contributed by atoms with E-state index in [4.69, 9.17) is 0 Å². The molecular weight excluding hydrogens is 484 g/mol. The van der Waals surface area contributed by atoms with Crippen molar-refractivity contribution in [3.05, 3.63) is 35.7 Å². The van der Waals surface area contributed by atoms with E-state index in [1.807, 2.05) is 4.90 Å². The van der Waals surface area contributed by atoms with Gasteiger partial charge in [0, 0.05) is 37.6 Å². The highest BCUT2D eigenvalue weighted by atomic mass is 32.2. The standard InChI is InChI=1S/C26H39F2N5O2S/c1-29-15-12-24(30-2)31-36(34,35)25-22(27)17-21(18-23(25)28)33-16-8-13-26(19-33,32(3)4)14-11-20-9-6-5-7-10-20/h12,15,17-18,20,31H,2,5-11,13-14,16,19H2,1,3-4H3/b24-12+,29-15-/t26-/m0/s1. The Morgan fingerprint density at radius 2 is 1.89 bits per heavy atom. The van der Waals surface area contributed by atoms with Gasteiger partial charge in [0.25, 0.3) is 10.0 Å². The van der Waals surface area contributed by atoms with Gasteiger partial charge in [-0.3, -0.25) is 9.71 Å². The molecule has 0 bridgehead atoms. The summed E-state index contributed by atoms with van der Waals surface area (Å²) in [4.78, 5) is 10.4. The largest absolute Gasteiger partial charge is 0.370 e. The number of aliphatic imine (C=N–C) groups is 2. The van der Waals surface area contributed by atoms with Gasteiger partial charge in [-0.25, -0.2) is 22.2 Å². The third-order valence-corrected chi connectivity index (χ3v) is 9.06. The molecule has 1 saturated carbocycles. The Hall–Kier alpha value is -2.33. The average Bonchev–Trinajstić information content (AvgIpc) is 2.85. The minimum atomic E-state index is -4.56. The van der Waals surface area contributed by atoms with E-state index < -0.39 is 26.6 Å². The molecule has 1 heterocycles. The summed E-state index contributed by atoms with van der Waals surface area (Å²) in [6.45, 7) is 4.58. The van der Waals surface area contributed by atoms with Crippen LogP contribution in [-0.4, -0.2) is 66.0 Å². The first-order chi connectivity index (χ1) is 17.1. The van der Waals surface area contributed by atoms with Crippen LogP contribution in [0.5, 0.6) is 0 Å². The van der Waals surface area contributed by atoms with Crippen molar-refractivity contribution >= 4 is 28.6 Å². The Labute approximate surface area is 214 Å². The van der Waals surface area contributed by atoms with Gasteiger partial charge in [-0.1, -0.05) is 32.1 Å². The van der Waals surface area contributed by atoms with E-state index in [0.717, 1.165) is 43.7 Å². The SMILES string of the molecule is C=N/C(=C\C=N/C)NS(=O)(=O)c1c(F)cc(N2CCC[C@@](CCC3CCCCC3)(N(C)C)C2)cc1F. The van der Waals surface area contributed by atoms with Gasteiger partial charge in [-0.15, -0.1) is 0 Å². The van der Waals surface area contributed by atoms with Crippen LogP contribution in [0, 0.1) is 17.6 Å². The summed E-state index contributed by atoms with van der Waals surface area (Å²) >= 11 is 0. The molecule has 1 aromatic carbocycles. The van der Waals surface area contributed by atoms with Crippen molar-refractivity contribution in [2.75, 3.05) is 39.1 Å². The summed E-state index contributed by atoms with van der Waals surface area (Å²) < 4.78 is 57.8. The van der Waals surface area contributed by atoms with Crippen molar-refractivity contribution in [3.63, 3.8) is 0 Å². The first kappa shape index (κ1) is 28.2. The Morgan fingerprint density at radius 1 is 1.22 bits per heavy atom. The zero-order valence-corrected chi connectivity index (χ0v) is 22.5. The number of benzene rings is 1. The van der Waals surface area contributed by atoms with Gasteiger partial charge >= 0.3 is 0 Å². The zero-order valence-electron chi connectivity index (χ0n) is 21.6. The molecule has 0 radical (unpaired) electrons. The number of hydrogen-bond donors (Lipinski definition) is 1. The van der Waals surface area contributed by atoms with Gasteiger partial charge in [0.15, 0.2) is 4.90 Å². The van der Waals surface area contributed by atoms with Crippen molar-refractivity contribution in [1.82, 2.24) is 9.62 Å². The normalized spacial score (nSPS) is 22.4. The number of sulfonamides is 1. The molecule has 7 nitrogen and oxygen atoms in total. The van der Waals surface area contributed by atoms with Crippen LogP contribution in [0.2, 0.25) is 0 Å². The molecule has 2 fully saturated rings. The van der Waals surface area contributed by atoms with E-state index in [-0.39, 0.29) is 11.4 Å². The maximum absolute atomic E-state index is 15.1. The van der Waals surface area contributed by atoms with Gasteiger partial charge in [0.2, 0.25) is 0 Å².